The van der Waals surface area contributed by atoms with E-state index in [1.165, 1.54) is 4.90 Å². The van der Waals surface area contributed by atoms with Gasteiger partial charge in [0.25, 0.3) is 0 Å². The van der Waals surface area contributed by atoms with Crippen LogP contribution in [0.25, 0.3) is 0 Å². The molecule has 3 N–H and O–H groups in total. The third-order valence-electron chi connectivity index (χ3n) is 3.10. The van der Waals surface area contributed by atoms with Crippen molar-refractivity contribution in [3.63, 3.8) is 0 Å². The normalized spacial score (nSPS) is 11.2. The van der Waals surface area contributed by atoms with Gasteiger partial charge in [0, 0.05) is 19.6 Å². The Bertz CT molecular complexity index is 597. The van der Waals surface area contributed by atoms with Crippen molar-refractivity contribution in [2.24, 2.45) is 4.99 Å². The van der Waals surface area contributed by atoms with Crippen molar-refractivity contribution in [2.45, 2.75) is 32.9 Å². The van der Waals surface area contributed by atoms with Gasteiger partial charge in [-0.3, -0.25) is 9.59 Å². The van der Waals surface area contributed by atoms with Crippen LogP contribution in [0, 0.1) is 0 Å². The molecule has 0 spiro atoms. The summed E-state index contributed by atoms with van der Waals surface area (Å²) in [4.78, 5) is 29.6. The number of hydrogen-bond acceptors (Lipinski definition) is 3. The Kier molecular flexibility index (Phi) is 10.9. The summed E-state index contributed by atoms with van der Waals surface area (Å²) in [6.45, 7) is 6.39. The maximum absolute atomic E-state index is 12.0. The highest BCUT2D eigenvalue weighted by Gasteiger charge is 2.14. The molecule has 0 aliphatic carbocycles. The highest BCUT2D eigenvalue weighted by atomic mass is 127. The molecule has 0 radical (unpaired) electrons. The predicted molar refractivity (Wildman–Crippen MR) is 116 cm³/mol. The molecule has 0 atom stereocenters. The first-order valence-electron chi connectivity index (χ1n) is 8.24. The lowest BCUT2D eigenvalue weighted by atomic mass is 10.1. The Morgan fingerprint density at radius 1 is 1.04 bits per heavy atom. The number of carbonyl (C=O) groups is 2. The van der Waals surface area contributed by atoms with Crippen LogP contribution in [0.5, 0.6) is 0 Å². The van der Waals surface area contributed by atoms with Crippen LogP contribution >= 0.6 is 24.0 Å². The van der Waals surface area contributed by atoms with E-state index < -0.39 is 0 Å². The number of aliphatic imine (C=N–C) groups is 1. The van der Waals surface area contributed by atoms with Gasteiger partial charge in [0.1, 0.15) is 0 Å². The number of nitrogens with zero attached hydrogens (tertiary/aromatic N) is 2. The number of amides is 2. The molecule has 146 valence electrons. The van der Waals surface area contributed by atoms with E-state index in [1.807, 2.05) is 51.1 Å². The standard InChI is InChI=1S/C18H29N5O2.HI/c1-18(2,3)22-15(24)12-20-17(21-13-16(25)23(4)5)19-11-14-9-7-6-8-10-14;/h6-10H,11-13H2,1-5H3,(H,22,24)(H2,19,20,21);1H. The highest BCUT2D eigenvalue weighted by Crippen LogP contribution is 2.00. The number of carbonyl (C=O) groups excluding carboxylic acids is 2. The SMILES string of the molecule is CN(C)C(=O)CNC(=NCc1ccccc1)NCC(=O)NC(C)(C)C.I. The fourth-order valence-electron chi connectivity index (χ4n) is 1.87. The Hall–Kier alpha value is -1.84. The molecule has 0 heterocycles. The van der Waals surface area contributed by atoms with Crippen LogP contribution < -0.4 is 16.0 Å². The zero-order valence-electron chi connectivity index (χ0n) is 16.1. The maximum Gasteiger partial charge on any atom is 0.241 e. The van der Waals surface area contributed by atoms with Gasteiger partial charge in [-0.05, 0) is 26.3 Å². The highest BCUT2D eigenvalue weighted by molar-refractivity contribution is 14.0. The van der Waals surface area contributed by atoms with Crippen molar-refractivity contribution in [1.82, 2.24) is 20.9 Å². The van der Waals surface area contributed by atoms with Crippen molar-refractivity contribution in [3.8, 4) is 0 Å². The van der Waals surface area contributed by atoms with Crippen LogP contribution in [0.4, 0.5) is 0 Å². The molecule has 0 bridgehead atoms. The van der Waals surface area contributed by atoms with E-state index in [-0.39, 0.29) is 54.4 Å². The van der Waals surface area contributed by atoms with Gasteiger partial charge < -0.3 is 20.9 Å². The van der Waals surface area contributed by atoms with Crippen LogP contribution in [0.2, 0.25) is 0 Å². The number of guanidine groups is 1. The minimum Gasteiger partial charge on any atom is -0.350 e. The Morgan fingerprint density at radius 3 is 2.15 bits per heavy atom. The molecule has 1 rings (SSSR count). The fraction of sp³-hybridized carbons (Fsp3) is 0.500. The average Bonchev–Trinajstić information content (AvgIpc) is 2.53. The molecule has 8 heteroatoms. The van der Waals surface area contributed by atoms with Gasteiger partial charge in [0.15, 0.2) is 5.96 Å². The Balaban J connectivity index is 0.00000625. The zero-order valence-corrected chi connectivity index (χ0v) is 18.5. The molecular formula is C18H30IN5O2. The molecule has 0 saturated heterocycles. The monoisotopic (exact) mass is 475 g/mol. The van der Waals surface area contributed by atoms with Gasteiger partial charge in [-0.1, -0.05) is 30.3 Å². The topological polar surface area (TPSA) is 85.8 Å². The summed E-state index contributed by atoms with van der Waals surface area (Å²) in [5.74, 6) is 0.206. The van der Waals surface area contributed by atoms with Crippen LogP contribution in [-0.2, 0) is 16.1 Å². The molecule has 7 nitrogen and oxygen atoms in total. The van der Waals surface area contributed by atoms with Gasteiger partial charge in [0.05, 0.1) is 19.6 Å². The molecule has 0 fully saturated rings. The molecule has 0 aliphatic heterocycles. The number of benzene rings is 1. The first-order chi connectivity index (χ1) is 11.7. The fourth-order valence-corrected chi connectivity index (χ4v) is 1.87. The van der Waals surface area contributed by atoms with Crippen LogP contribution in [-0.4, -0.2) is 55.4 Å². The van der Waals surface area contributed by atoms with E-state index in [9.17, 15) is 9.59 Å². The number of nitrogens with one attached hydrogen (secondary N) is 3. The van der Waals surface area contributed by atoms with Crippen molar-refractivity contribution in [2.75, 3.05) is 27.2 Å². The molecule has 0 unspecified atom stereocenters. The maximum atomic E-state index is 12.0. The summed E-state index contributed by atoms with van der Waals surface area (Å²) in [7, 11) is 3.38. The second kappa shape index (κ2) is 11.7. The molecule has 0 aliphatic rings. The molecule has 26 heavy (non-hydrogen) atoms. The van der Waals surface area contributed by atoms with Crippen molar-refractivity contribution >= 4 is 41.8 Å². The van der Waals surface area contributed by atoms with Crippen LogP contribution in [0.1, 0.15) is 26.3 Å². The lowest BCUT2D eigenvalue weighted by molar-refractivity contribution is -0.127. The molecular weight excluding hydrogens is 445 g/mol. The average molecular weight is 475 g/mol. The first kappa shape index (κ1) is 24.2. The van der Waals surface area contributed by atoms with Gasteiger partial charge in [0.2, 0.25) is 11.8 Å². The minimum atomic E-state index is -0.297. The summed E-state index contributed by atoms with van der Waals surface area (Å²) < 4.78 is 0. The van der Waals surface area contributed by atoms with E-state index in [1.54, 1.807) is 14.1 Å². The van der Waals surface area contributed by atoms with Gasteiger partial charge in [-0.25, -0.2) is 4.99 Å². The lowest BCUT2D eigenvalue weighted by Crippen LogP contribution is -2.49. The summed E-state index contributed by atoms with van der Waals surface area (Å²) in [6, 6.07) is 9.77. The number of likely N-dealkylation sites (N-methyl/N-ethyl adjacent to an activating group) is 1. The lowest BCUT2D eigenvalue weighted by Gasteiger charge is -2.21. The van der Waals surface area contributed by atoms with Crippen molar-refractivity contribution in [1.29, 1.82) is 0 Å². The summed E-state index contributed by atoms with van der Waals surface area (Å²) in [5.41, 5.74) is 0.746. The first-order valence-corrected chi connectivity index (χ1v) is 8.24. The molecule has 0 aromatic heterocycles. The quantitative estimate of drug-likeness (QED) is 0.330. The van der Waals surface area contributed by atoms with Gasteiger partial charge in [-0.2, -0.15) is 0 Å². The van der Waals surface area contributed by atoms with Crippen LogP contribution in [0.3, 0.4) is 0 Å². The second-order valence-corrected chi connectivity index (χ2v) is 6.94. The van der Waals surface area contributed by atoms with Gasteiger partial charge >= 0.3 is 0 Å². The molecule has 1 aromatic carbocycles. The third-order valence-corrected chi connectivity index (χ3v) is 3.10. The largest absolute Gasteiger partial charge is 0.350 e. The Labute approximate surface area is 173 Å². The van der Waals surface area contributed by atoms with Crippen LogP contribution in [0.15, 0.2) is 35.3 Å². The molecule has 1 aromatic rings. The summed E-state index contributed by atoms with van der Waals surface area (Å²) >= 11 is 0. The number of rotatable bonds is 6. The second-order valence-electron chi connectivity index (χ2n) is 6.94. The smallest absolute Gasteiger partial charge is 0.241 e. The predicted octanol–water partition coefficient (Wildman–Crippen LogP) is 1.34. The van der Waals surface area contributed by atoms with Crippen molar-refractivity contribution < 1.29 is 9.59 Å². The third kappa shape index (κ3) is 10.9. The minimum absolute atomic E-state index is 0. The zero-order chi connectivity index (χ0) is 18.9. The number of hydrogen-bond donors (Lipinski definition) is 3. The van der Waals surface area contributed by atoms with Crippen molar-refractivity contribution in [3.05, 3.63) is 35.9 Å². The van der Waals surface area contributed by atoms with E-state index in [0.29, 0.717) is 12.5 Å². The van der Waals surface area contributed by atoms with E-state index in [0.717, 1.165) is 5.56 Å². The van der Waals surface area contributed by atoms with Gasteiger partial charge in [-0.15, -0.1) is 24.0 Å². The Morgan fingerprint density at radius 2 is 1.62 bits per heavy atom. The molecule has 2 amide bonds. The van der Waals surface area contributed by atoms with E-state index >= 15 is 0 Å². The molecule has 0 saturated carbocycles. The van der Waals surface area contributed by atoms with E-state index in [4.69, 9.17) is 0 Å². The summed E-state index contributed by atoms with van der Waals surface area (Å²) in [6.07, 6.45) is 0. The van der Waals surface area contributed by atoms with E-state index in [2.05, 4.69) is 20.9 Å². The summed E-state index contributed by atoms with van der Waals surface area (Å²) in [5, 5.41) is 8.79. The number of halogens is 1.